The third-order valence-electron chi connectivity index (χ3n) is 1.85. The third kappa shape index (κ3) is 3.37. The van der Waals surface area contributed by atoms with Crippen LogP contribution in [0.3, 0.4) is 0 Å². The summed E-state index contributed by atoms with van der Waals surface area (Å²) in [5.41, 5.74) is 0. The maximum atomic E-state index is 10.9. The maximum Gasteiger partial charge on any atom is 0.202 e. The van der Waals surface area contributed by atoms with Crippen molar-refractivity contribution in [1.82, 2.24) is 9.55 Å². The van der Waals surface area contributed by atoms with Gasteiger partial charge < -0.3 is 9.88 Å². The quantitative estimate of drug-likeness (QED) is 0.773. The standard InChI is InChI=1S/C8H15N3O2S/c1-9-8-10-4-6-11(8)5-3-7-14(2,12)13/h4,6H,3,5,7H2,1-2H3,(H,9,10). The first-order chi connectivity index (χ1) is 6.53. The van der Waals surface area contributed by atoms with Gasteiger partial charge in [-0.2, -0.15) is 0 Å². The van der Waals surface area contributed by atoms with Gasteiger partial charge in [0.25, 0.3) is 0 Å². The van der Waals surface area contributed by atoms with Crippen LogP contribution in [0.15, 0.2) is 12.4 Å². The first kappa shape index (κ1) is 11.0. The van der Waals surface area contributed by atoms with Crippen molar-refractivity contribution in [1.29, 1.82) is 0 Å². The second-order valence-electron chi connectivity index (χ2n) is 3.18. The van der Waals surface area contributed by atoms with Gasteiger partial charge in [0.05, 0.1) is 5.75 Å². The molecule has 0 saturated carbocycles. The molecule has 1 aromatic heterocycles. The van der Waals surface area contributed by atoms with Gasteiger partial charge in [0.1, 0.15) is 9.84 Å². The van der Waals surface area contributed by atoms with Gasteiger partial charge in [-0.3, -0.25) is 0 Å². The first-order valence-electron chi connectivity index (χ1n) is 4.39. The number of nitrogens with zero attached hydrogens (tertiary/aromatic N) is 2. The molecule has 0 aliphatic carbocycles. The molecule has 0 atom stereocenters. The Bertz CT molecular complexity index is 383. The minimum absolute atomic E-state index is 0.217. The van der Waals surface area contributed by atoms with Gasteiger partial charge in [-0.25, -0.2) is 13.4 Å². The fourth-order valence-electron chi connectivity index (χ4n) is 1.21. The predicted molar refractivity (Wildman–Crippen MR) is 56.1 cm³/mol. The summed E-state index contributed by atoms with van der Waals surface area (Å²) in [6.07, 6.45) is 5.38. The molecule has 6 heteroatoms. The molecule has 1 rings (SSSR count). The molecular weight excluding hydrogens is 202 g/mol. The van der Waals surface area contributed by atoms with Crippen molar-refractivity contribution in [2.24, 2.45) is 0 Å². The van der Waals surface area contributed by atoms with Gasteiger partial charge in [0, 0.05) is 32.2 Å². The van der Waals surface area contributed by atoms with Crippen LogP contribution in [-0.4, -0.2) is 37.0 Å². The second kappa shape index (κ2) is 4.45. The summed E-state index contributed by atoms with van der Waals surface area (Å²) in [7, 11) is -1.06. The van der Waals surface area contributed by atoms with Crippen molar-refractivity contribution in [2.45, 2.75) is 13.0 Å². The van der Waals surface area contributed by atoms with Crippen LogP contribution in [-0.2, 0) is 16.4 Å². The molecule has 0 aromatic carbocycles. The molecule has 0 amide bonds. The van der Waals surface area contributed by atoms with E-state index in [1.807, 2.05) is 10.8 Å². The molecule has 5 nitrogen and oxygen atoms in total. The number of nitrogens with one attached hydrogen (secondary N) is 1. The van der Waals surface area contributed by atoms with Crippen LogP contribution in [0.1, 0.15) is 6.42 Å². The van der Waals surface area contributed by atoms with E-state index in [1.165, 1.54) is 6.26 Å². The van der Waals surface area contributed by atoms with Crippen molar-refractivity contribution in [3.63, 3.8) is 0 Å². The molecular formula is C8H15N3O2S. The van der Waals surface area contributed by atoms with Gasteiger partial charge in [0.2, 0.25) is 5.95 Å². The molecule has 80 valence electrons. The molecule has 1 N–H and O–H groups in total. The fraction of sp³-hybridized carbons (Fsp3) is 0.625. The number of aryl methyl sites for hydroxylation is 1. The van der Waals surface area contributed by atoms with E-state index in [1.54, 1.807) is 13.2 Å². The van der Waals surface area contributed by atoms with Crippen molar-refractivity contribution in [2.75, 3.05) is 24.4 Å². The van der Waals surface area contributed by atoms with Crippen LogP contribution < -0.4 is 5.32 Å². The van der Waals surface area contributed by atoms with Crippen LogP contribution in [0.25, 0.3) is 0 Å². The minimum Gasteiger partial charge on any atom is -0.359 e. The van der Waals surface area contributed by atoms with E-state index in [0.29, 0.717) is 13.0 Å². The average Bonchev–Trinajstić information content (AvgIpc) is 2.49. The molecule has 0 bridgehead atoms. The summed E-state index contributed by atoms with van der Waals surface area (Å²) in [5.74, 6) is 0.979. The number of anilines is 1. The molecule has 0 radical (unpaired) electrons. The summed E-state index contributed by atoms with van der Waals surface area (Å²) >= 11 is 0. The highest BCUT2D eigenvalue weighted by molar-refractivity contribution is 7.90. The normalized spacial score (nSPS) is 11.6. The average molecular weight is 217 g/mol. The molecule has 1 heterocycles. The molecule has 1 aromatic rings. The zero-order valence-electron chi connectivity index (χ0n) is 8.40. The van der Waals surface area contributed by atoms with Gasteiger partial charge in [-0.1, -0.05) is 0 Å². The Morgan fingerprint density at radius 3 is 2.86 bits per heavy atom. The highest BCUT2D eigenvalue weighted by atomic mass is 32.2. The first-order valence-corrected chi connectivity index (χ1v) is 6.45. The Morgan fingerprint density at radius 1 is 1.57 bits per heavy atom. The van der Waals surface area contributed by atoms with Crippen LogP contribution in [0.2, 0.25) is 0 Å². The lowest BCUT2D eigenvalue weighted by molar-refractivity contribution is 0.592. The van der Waals surface area contributed by atoms with Crippen LogP contribution in [0, 0.1) is 0 Å². The minimum atomic E-state index is -2.85. The Morgan fingerprint density at radius 2 is 2.29 bits per heavy atom. The Labute approximate surface area is 84.1 Å². The largest absolute Gasteiger partial charge is 0.359 e. The van der Waals surface area contributed by atoms with E-state index in [-0.39, 0.29) is 5.75 Å². The topological polar surface area (TPSA) is 64.0 Å². The van der Waals surface area contributed by atoms with Gasteiger partial charge in [-0.15, -0.1) is 0 Å². The zero-order valence-corrected chi connectivity index (χ0v) is 9.21. The summed E-state index contributed by atoms with van der Waals surface area (Å²) in [6, 6.07) is 0. The van der Waals surface area contributed by atoms with Crippen molar-refractivity contribution < 1.29 is 8.42 Å². The van der Waals surface area contributed by atoms with Gasteiger partial charge in [-0.05, 0) is 6.42 Å². The van der Waals surface area contributed by atoms with Gasteiger partial charge in [0.15, 0.2) is 0 Å². The SMILES string of the molecule is CNc1nccn1CCCS(C)(=O)=O. The molecule has 0 aliphatic rings. The lowest BCUT2D eigenvalue weighted by Gasteiger charge is -2.05. The van der Waals surface area contributed by atoms with E-state index in [2.05, 4.69) is 10.3 Å². The number of hydrogen-bond acceptors (Lipinski definition) is 4. The lowest BCUT2D eigenvalue weighted by atomic mass is 10.5. The number of sulfone groups is 1. The summed E-state index contributed by atoms with van der Waals surface area (Å²) in [4.78, 5) is 4.05. The van der Waals surface area contributed by atoms with E-state index in [0.717, 1.165) is 5.95 Å². The van der Waals surface area contributed by atoms with Crippen molar-refractivity contribution in [3.05, 3.63) is 12.4 Å². The molecule has 0 saturated heterocycles. The van der Waals surface area contributed by atoms with Gasteiger partial charge >= 0.3 is 0 Å². The number of hydrogen-bond donors (Lipinski definition) is 1. The van der Waals surface area contributed by atoms with Crippen LogP contribution in [0.5, 0.6) is 0 Å². The molecule has 0 aliphatic heterocycles. The maximum absolute atomic E-state index is 10.9. The number of imidazole rings is 1. The van der Waals surface area contributed by atoms with E-state index in [9.17, 15) is 8.42 Å². The Balaban J connectivity index is 2.46. The number of rotatable bonds is 5. The smallest absolute Gasteiger partial charge is 0.202 e. The Kier molecular flexibility index (Phi) is 3.51. The van der Waals surface area contributed by atoms with E-state index in [4.69, 9.17) is 0 Å². The molecule has 0 unspecified atom stereocenters. The number of aromatic nitrogens is 2. The highest BCUT2D eigenvalue weighted by Gasteiger charge is 2.03. The van der Waals surface area contributed by atoms with Crippen molar-refractivity contribution in [3.8, 4) is 0 Å². The summed E-state index contributed by atoms with van der Waals surface area (Å²) < 4.78 is 23.6. The predicted octanol–water partition coefficient (Wildman–Crippen LogP) is 0.360. The zero-order chi connectivity index (χ0) is 10.6. The monoisotopic (exact) mass is 217 g/mol. The molecule has 14 heavy (non-hydrogen) atoms. The molecule has 0 fully saturated rings. The summed E-state index contributed by atoms with van der Waals surface area (Å²) in [5, 5.41) is 2.93. The van der Waals surface area contributed by atoms with E-state index < -0.39 is 9.84 Å². The lowest BCUT2D eigenvalue weighted by Crippen LogP contribution is -2.08. The molecule has 0 spiro atoms. The summed E-state index contributed by atoms with van der Waals surface area (Å²) in [6.45, 7) is 0.670. The van der Waals surface area contributed by atoms with E-state index >= 15 is 0 Å². The van der Waals surface area contributed by atoms with Crippen LogP contribution >= 0.6 is 0 Å². The van der Waals surface area contributed by atoms with Crippen molar-refractivity contribution >= 4 is 15.8 Å². The second-order valence-corrected chi connectivity index (χ2v) is 5.44. The highest BCUT2D eigenvalue weighted by Crippen LogP contribution is 2.04. The Hall–Kier alpha value is -1.04. The third-order valence-corrected chi connectivity index (χ3v) is 2.88. The fourth-order valence-corrected chi connectivity index (χ4v) is 1.87. The van der Waals surface area contributed by atoms with Crippen LogP contribution in [0.4, 0.5) is 5.95 Å².